The first-order valence-corrected chi connectivity index (χ1v) is 7.36. The molecule has 0 aliphatic rings. The summed E-state index contributed by atoms with van der Waals surface area (Å²) in [5.74, 6) is -0.689. The molecule has 0 aromatic heterocycles. The van der Waals surface area contributed by atoms with Crippen LogP contribution in [0.3, 0.4) is 0 Å². The fraction of sp³-hybridized carbons (Fsp3) is 0.133. The maximum atomic E-state index is 13.7. The standard InChI is InChI=1S/C15H11Br2FO2/c1-8-5-12(17)10(7-11(8)16)15(19)9-3-4-14(20-2)13(18)6-9/h3-7H,1-2H3. The van der Waals surface area contributed by atoms with Gasteiger partial charge in [0.2, 0.25) is 0 Å². The Morgan fingerprint density at radius 3 is 2.45 bits per heavy atom. The Kier molecular flexibility index (Phi) is 4.60. The van der Waals surface area contributed by atoms with E-state index in [1.807, 2.05) is 13.0 Å². The molecule has 0 N–H and O–H groups in total. The molecule has 2 rings (SSSR count). The lowest BCUT2D eigenvalue weighted by Gasteiger charge is -2.08. The highest BCUT2D eigenvalue weighted by Crippen LogP contribution is 2.28. The molecule has 2 aromatic rings. The van der Waals surface area contributed by atoms with Crippen molar-refractivity contribution in [3.05, 3.63) is 61.8 Å². The van der Waals surface area contributed by atoms with Gasteiger partial charge >= 0.3 is 0 Å². The molecule has 0 heterocycles. The van der Waals surface area contributed by atoms with Crippen LogP contribution in [0.5, 0.6) is 5.75 Å². The molecule has 5 heteroatoms. The Labute approximate surface area is 133 Å². The Morgan fingerprint density at radius 1 is 1.15 bits per heavy atom. The average Bonchev–Trinajstić information content (AvgIpc) is 2.42. The number of carbonyl (C=O) groups excluding carboxylic acids is 1. The summed E-state index contributed by atoms with van der Waals surface area (Å²) in [6.45, 7) is 1.93. The first-order chi connectivity index (χ1) is 9.43. The van der Waals surface area contributed by atoms with Crippen molar-refractivity contribution in [1.82, 2.24) is 0 Å². The molecular formula is C15H11Br2FO2. The van der Waals surface area contributed by atoms with Gasteiger partial charge in [-0.25, -0.2) is 4.39 Å². The minimum atomic E-state index is -0.555. The SMILES string of the molecule is COc1ccc(C(=O)c2cc(Br)c(C)cc2Br)cc1F. The lowest BCUT2D eigenvalue weighted by atomic mass is 10.0. The van der Waals surface area contributed by atoms with Crippen molar-refractivity contribution in [2.75, 3.05) is 7.11 Å². The van der Waals surface area contributed by atoms with Gasteiger partial charge in [-0.15, -0.1) is 0 Å². The van der Waals surface area contributed by atoms with E-state index in [0.29, 0.717) is 10.0 Å². The summed E-state index contributed by atoms with van der Waals surface area (Å²) < 4.78 is 20.0. The van der Waals surface area contributed by atoms with Crippen LogP contribution in [0.15, 0.2) is 39.3 Å². The molecule has 104 valence electrons. The van der Waals surface area contributed by atoms with E-state index < -0.39 is 5.82 Å². The highest BCUT2D eigenvalue weighted by molar-refractivity contribution is 9.11. The van der Waals surface area contributed by atoms with Gasteiger partial charge in [0.15, 0.2) is 17.3 Å². The summed E-state index contributed by atoms with van der Waals surface area (Å²) in [4.78, 5) is 12.4. The number of hydrogen-bond acceptors (Lipinski definition) is 2. The van der Waals surface area contributed by atoms with E-state index in [-0.39, 0.29) is 17.1 Å². The summed E-state index contributed by atoms with van der Waals surface area (Å²) >= 11 is 6.76. The van der Waals surface area contributed by atoms with E-state index in [9.17, 15) is 9.18 Å². The molecule has 0 fully saturated rings. The van der Waals surface area contributed by atoms with E-state index in [1.54, 1.807) is 12.1 Å². The predicted octanol–water partition coefficient (Wildman–Crippen LogP) is 4.90. The molecule has 20 heavy (non-hydrogen) atoms. The van der Waals surface area contributed by atoms with Crippen molar-refractivity contribution in [1.29, 1.82) is 0 Å². The van der Waals surface area contributed by atoms with E-state index in [1.165, 1.54) is 19.2 Å². The summed E-state index contributed by atoms with van der Waals surface area (Å²) in [5, 5.41) is 0. The van der Waals surface area contributed by atoms with Gasteiger partial charge in [0, 0.05) is 20.1 Å². The maximum absolute atomic E-state index is 13.7. The summed E-state index contributed by atoms with van der Waals surface area (Å²) in [5.41, 5.74) is 1.76. The second-order valence-corrected chi connectivity index (χ2v) is 5.97. The quantitative estimate of drug-likeness (QED) is 0.683. The van der Waals surface area contributed by atoms with E-state index >= 15 is 0 Å². The number of halogens is 3. The van der Waals surface area contributed by atoms with Crippen LogP contribution in [0.2, 0.25) is 0 Å². The third kappa shape index (κ3) is 2.94. The molecule has 0 atom stereocenters. The van der Waals surface area contributed by atoms with Crippen LogP contribution in [-0.2, 0) is 0 Å². The largest absolute Gasteiger partial charge is 0.494 e. The number of carbonyl (C=O) groups is 1. The zero-order valence-corrected chi connectivity index (χ0v) is 14.0. The van der Waals surface area contributed by atoms with Crippen LogP contribution in [0.1, 0.15) is 21.5 Å². The monoisotopic (exact) mass is 400 g/mol. The van der Waals surface area contributed by atoms with Gasteiger partial charge in [0.25, 0.3) is 0 Å². The van der Waals surface area contributed by atoms with Gasteiger partial charge in [0.1, 0.15) is 0 Å². The maximum Gasteiger partial charge on any atom is 0.194 e. The van der Waals surface area contributed by atoms with Crippen molar-refractivity contribution in [2.24, 2.45) is 0 Å². The second-order valence-electron chi connectivity index (χ2n) is 4.26. The fourth-order valence-corrected chi connectivity index (χ4v) is 2.76. The van der Waals surface area contributed by atoms with Crippen LogP contribution in [0.4, 0.5) is 4.39 Å². The van der Waals surface area contributed by atoms with Gasteiger partial charge in [-0.3, -0.25) is 4.79 Å². The number of methoxy groups -OCH3 is 1. The number of aryl methyl sites for hydroxylation is 1. The number of rotatable bonds is 3. The third-order valence-corrected chi connectivity index (χ3v) is 4.42. The molecule has 0 saturated carbocycles. The normalized spacial score (nSPS) is 10.4. The molecule has 0 aliphatic carbocycles. The smallest absolute Gasteiger partial charge is 0.194 e. The fourth-order valence-electron chi connectivity index (χ4n) is 1.78. The van der Waals surface area contributed by atoms with Gasteiger partial charge in [0.05, 0.1) is 7.11 Å². The number of benzene rings is 2. The topological polar surface area (TPSA) is 26.3 Å². The molecule has 2 nitrogen and oxygen atoms in total. The number of hydrogen-bond donors (Lipinski definition) is 0. The zero-order chi connectivity index (χ0) is 14.9. The van der Waals surface area contributed by atoms with Gasteiger partial charge in [-0.2, -0.15) is 0 Å². The minimum Gasteiger partial charge on any atom is -0.494 e. The third-order valence-electron chi connectivity index (χ3n) is 2.91. The highest BCUT2D eigenvalue weighted by atomic mass is 79.9. The van der Waals surface area contributed by atoms with Crippen LogP contribution in [0.25, 0.3) is 0 Å². The Morgan fingerprint density at radius 2 is 1.85 bits per heavy atom. The van der Waals surface area contributed by atoms with Gasteiger partial charge < -0.3 is 4.74 Å². The summed E-state index contributed by atoms with van der Waals surface area (Å²) in [6.07, 6.45) is 0. The molecule has 0 bridgehead atoms. The van der Waals surface area contributed by atoms with Gasteiger partial charge in [-0.1, -0.05) is 31.9 Å². The van der Waals surface area contributed by atoms with Crippen molar-refractivity contribution in [3.8, 4) is 5.75 Å². The van der Waals surface area contributed by atoms with Crippen LogP contribution < -0.4 is 4.74 Å². The lowest BCUT2D eigenvalue weighted by molar-refractivity contribution is 0.103. The van der Waals surface area contributed by atoms with Crippen molar-refractivity contribution in [3.63, 3.8) is 0 Å². The average molecular weight is 402 g/mol. The van der Waals surface area contributed by atoms with Crippen LogP contribution in [0, 0.1) is 12.7 Å². The Balaban J connectivity index is 2.46. The van der Waals surface area contributed by atoms with E-state index in [4.69, 9.17) is 4.74 Å². The van der Waals surface area contributed by atoms with Crippen LogP contribution in [-0.4, -0.2) is 12.9 Å². The Hall–Kier alpha value is -1.20. The van der Waals surface area contributed by atoms with E-state index in [2.05, 4.69) is 31.9 Å². The lowest BCUT2D eigenvalue weighted by Crippen LogP contribution is -2.04. The molecule has 0 unspecified atom stereocenters. The number of ether oxygens (including phenoxy) is 1. The molecule has 0 amide bonds. The predicted molar refractivity (Wildman–Crippen MR) is 83.0 cm³/mol. The molecule has 0 aliphatic heterocycles. The molecular weight excluding hydrogens is 391 g/mol. The summed E-state index contributed by atoms with van der Waals surface area (Å²) in [7, 11) is 1.38. The summed E-state index contributed by atoms with van der Waals surface area (Å²) in [6, 6.07) is 7.74. The first-order valence-electron chi connectivity index (χ1n) is 5.78. The molecule has 0 radical (unpaired) electrons. The molecule has 0 spiro atoms. The minimum absolute atomic E-state index is 0.116. The van der Waals surface area contributed by atoms with Crippen molar-refractivity contribution >= 4 is 37.6 Å². The number of ketones is 1. The van der Waals surface area contributed by atoms with Crippen molar-refractivity contribution in [2.45, 2.75) is 6.92 Å². The molecule has 0 saturated heterocycles. The van der Waals surface area contributed by atoms with Crippen LogP contribution >= 0.6 is 31.9 Å². The highest BCUT2D eigenvalue weighted by Gasteiger charge is 2.16. The second kappa shape index (κ2) is 6.06. The van der Waals surface area contributed by atoms with E-state index in [0.717, 1.165) is 10.0 Å². The first kappa shape index (κ1) is 15.2. The molecule has 2 aromatic carbocycles. The Bertz CT molecular complexity index is 684. The van der Waals surface area contributed by atoms with Gasteiger partial charge in [-0.05, 0) is 42.8 Å². The van der Waals surface area contributed by atoms with Crippen molar-refractivity contribution < 1.29 is 13.9 Å². The zero-order valence-electron chi connectivity index (χ0n) is 10.8.